The van der Waals surface area contributed by atoms with Crippen LogP contribution in [0.4, 0.5) is 10.1 Å². The van der Waals surface area contributed by atoms with Crippen LogP contribution < -0.4 is 9.64 Å². The Morgan fingerprint density at radius 3 is 2.84 bits per heavy atom. The summed E-state index contributed by atoms with van der Waals surface area (Å²) in [6.07, 6.45) is 4.54. The SMILES string of the molecule is C=CC(=O)N1CC[C@@H]2[C@H]1CN2c1c(CC#N)c(OCC2CCCN2C)nc2cc(-c3cccc4ccc(F)c(Cl)c34)ccc12. The van der Waals surface area contributed by atoms with E-state index in [-0.39, 0.29) is 35.5 Å². The van der Waals surface area contributed by atoms with Gasteiger partial charge in [0.2, 0.25) is 11.8 Å². The van der Waals surface area contributed by atoms with Gasteiger partial charge >= 0.3 is 0 Å². The summed E-state index contributed by atoms with van der Waals surface area (Å²) >= 11 is 6.50. The predicted octanol–water partition coefficient (Wildman–Crippen LogP) is 6.36. The van der Waals surface area contributed by atoms with E-state index >= 15 is 0 Å². The molecule has 7 rings (SSSR count). The second kappa shape index (κ2) is 11.4. The van der Waals surface area contributed by atoms with Gasteiger partial charge in [-0.05, 0) is 67.6 Å². The maximum atomic E-state index is 14.6. The molecule has 1 unspecified atom stereocenters. The van der Waals surface area contributed by atoms with Crippen molar-refractivity contribution >= 4 is 44.9 Å². The molecule has 0 aliphatic carbocycles. The van der Waals surface area contributed by atoms with Gasteiger partial charge in [0.1, 0.15) is 12.4 Å². The molecule has 0 radical (unpaired) electrons. The minimum Gasteiger partial charge on any atom is -0.476 e. The number of ether oxygens (including phenoxy) is 1. The van der Waals surface area contributed by atoms with E-state index in [1.54, 1.807) is 6.07 Å². The lowest BCUT2D eigenvalue weighted by Crippen LogP contribution is -2.63. The molecule has 3 fully saturated rings. The highest BCUT2D eigenvalue weighted by Crippen LogP contribution is 2.45. The van der Waals surface area contributed by atoms with Gasteiger partial charge in [-0.25, -0.2) is 9.37 Å². The lowest BCUT2D eigenvalue weighted by Gasteiger charge is -2.49. The van der Waals surface area contributed by atoms with Crippen molar-refractivity contribution in [3.05, 3.63) is 77.6 Å². The van der Waals surface area contributed by atoms with E-state index in [2.05, 4.69) is 29.5 Å². The summed E-state index contributed by atoms with van der Waals surface area (Å²) in [6, 6.07) is 17.8. The molecular formula is C35H33ClFN5O2. The minimum absolute atomic E-state index is 0.0477. The molecule has 7 nitrogen and oxygen atoms in total. The van der Waals surface area contributed by atoms with Gasteiger partial charge in [0.15, 0.2) is 0 Å². The number of likely N-dealkylation sites (tertiary alicyclic amines) is 2. The zero-order chi connectivity index (χ0) is 30.5. The molecular weight excluding hydrogens is 577 g/mol. The van der Waals surface area contributed by atoms with Crippen LogP contribution in [0.2, 0.25) is 5.02 Å². The highest BCUT2D eigenvalue weighted by Gasteiger charge is 2.49. The third kappa shape index (κ3) is 4.66. The van der Waals surface area contributed by atoms with Crippen LogP contribution >= 0.6 is 11.6 Å². The number of amides is 1. The monoisotopic (exact) mass is 609 g/mol. The first-order valence-electron chi connectivity index (χ1n) is 15.1. The van der Waals surface area contributed by atoms with Crippen molar-refractivity contribution in [1.82, 2.24) is 14.8 Å². The predicted molar refractivity (Wildman–Crippen MR) is 172 cm³/mol. The Bertz CT molecular complexity index is 1860. The summed E-state index contributed by atoms with van der Waals surface area (Å²) in [5.41, 5.74) is 4.10. The van der Waals surface area contributed by atoms with E-state index in [0.29, 0.717) is 31.0 Å². The molecule has 1 amide bonds. The molecule has 0 bridgehead atoms. The fraction of sp³-hybridized carbons (Fsp3) is 0.343. The van der Waals surface area contributed by atoms with Crippen LogP contribution in [-0.4, -0.2) is 72.1 Å². The van der Waals surface area contributed by atoms with Gasteiger partial charge in [0.25, 0.3) is 0 Å². The van der Waals surface area contributed by atoms with E-state index in [0.717, 1.165) is 64.5 Å². The summed E-state index contributed by atoms with van der Waals surface area (Å²) in [7, 11) is 2.11. The third-order valence-corrected chi connectivity index (χ3v) is 10.0. The third-order valence-electron chi connectivity index (χ3n) is 9.64. The maximum Gasteiger partial charge on any atom is 0.246 e. The van der Waals surface area contributed by atoms with Crippen LogP contribution in [0.1, 0.15) is 24.8 Å². The van der Waals surface area contributed by atoms with Crippen molar-refractivity contribution in [1.29, 1.82) is 5.26 Å². The number of anilines is 1. The van der Waals surface area contributed by atoms with Crippen molar-refractivity contribution in [2.45, 2.75) is 43.8 Å². The zero-order valence-electron chi connectivity index (χ0n) is 24.6. The highest BCUT2D eigenvalue weighted by molar-refractivity contribution is 6.37. The number of hydrogen-bond donors (Lipinski definition) is 0. The van der Waals surface area contributed by atoms with Crippen LogP contribution in [0.5, 0.6) is 5.88 Å². The average molecular weight is 610 g/mol. The van der Waals surface area contributed by atoms with Crippen molar-refractivity contribution < 1.29 is 13.9 Å². The molecule has 3 aromatic carbocycles. The molecule has 224 valence electrons. The number of halogens is 2. The average Bonchev–Trinajstić information content (AvgIpc) is 3.59. The first-order valence-corrected chi connectivity index (χ1v) is 15.5. The molecule has 1 aromatic heterocycles. The fourth-order valence-corrected chi connectivity index (χ4v) is 7.58. The number of nitrogens with zero attached hydrogens (tertiary/aromatic N) is 5. The number of rotatable bonds is 7. The maximum absolute atomic E-state index is 14.6. The van der Waals surface area contributed by atoms with Gasteiger partial charge in [-0.3, -0.25) is 4.79 Å². The number of carbonyl (C=O) groups is 1. The Balaban J connectivity index is 1.37. The summed E-state index contributed by atoms with van der Waals surface area (Å²) in [5.74, 6) is -0.0445. The fourth-order valence-electron chi connectivity index (χ4n) is 7.30. The number of carbonyl (C=O) groups excluding carboxylic acids is 1. The standard InChI is InChI=1S/C35H33ClFN5O2/c1-3-31(43)41-17-14-29-30(41)19-42(29)34-25-11-9-22(24-8-4-6-21-10-12-27(37)33(36)32(21)24)18-28(25)39-35(26(34)13-15-38)44-20-23-7-5-16-40(23)2/h3-4,6,8-12,18,23,29-30H,1,5,7,13-14,16-17,19-20H2,2H3/t23?,29-,30-/m1/s1. The number of hydrogen-bond acceptors (Lipinski definition) is 6. The molecule has 4 heterocycles. The molecule has 3 saturated heterocycles. The summed E-state index contributed by atoms with van der Waals surface area (Å²) < 4.78 is 21.0. The largest absolute Gasteiger partial charge is 0.476 e. The Hall–Kier alpha value is -4.19. The Morgan fingerprint density at radius 1 is 1.20 bits per heavy atom. The van der Waals surface area contributed by atoms with Gasteiger partial charge in [-0.2, -0.15) is 5.26 Å². The summed E-state index contributed by atoms with van der Waals surface area (Å²) in [6.45, 7) is 6.53. The van der Waals surface area contributed by atoms with Crippen molar-refractivity contribution in [2.75, 3.05) is 38.2 Å². The molecule has 0 saturated carbocycles. The molecule has 44 heavy (non-hydrogen) atoms. The van der Waals surface area contributed by atoms with Gasteiger partial charge in [0, 0.05) is 29.9 Å². The number of benzene rings is 3. The van der Waals surface area contributed by atoms with Crippen LogP contribution in [0.25, 0.3) is 32.8 Å². The molecule has 3 aliphatic rings. The van der Waals surface area contributed by atoms with Crippen molar-refractivity contribution in [3.8, 4) is 23.1 Å². The summed E-state index contributed by atoms with van der Waals surface area (Å²) in [5, 5.41) is 12.4. The highest BCUT2D eigenvalue weighted by atomic mass is 35.5. The molecule has 0 spiro atoms. The van der Waals surface area contributed by atoms with Crippen LogP contribution in [0, 0.1) is 17.1 Å². The molecule has 3 aliphatic heterocycles. The molecule has 3 atom stereocenters. The second-order valence-corrected chi connectivity index (χ2v) is 12.4. The van der Waals surface area contributed by atoms with E-state index in [9.17, 15) is 14.4 Å². The van der Waals surface area contributed by atoms with Crippen molar-refractivity contribution in [2.24, 2.45) is 0 Å². The first-order chi connectivity index (χ1) is 21.4. The number of fused-ring (bicyclic) bond motifs is 3. The summed E-state index contributed by atoms with van der Waals surface area (Å²) in [4.78, 5) is 24.1. The van der Waals surface area contributed by atoms with E-state index < -0.39 is 5.82 Å². The van der Waals surface area contributed by atoms with Gasteiger partial charge in [-0.1, -0.05) is 54.6 Å². The van der Waals surface area contributed by atoms with E-state index in [1.165, 1.54) is 12.1 Å². The van der Waals surface area contributed by atoms with Crippen LogP contribution in [0.3, 0.4) is 0 Å². The smallest absolute Gasteiger partial charge is 0.246 e. The Labute approximate surface area is 261 Å². The minimum atomic E-state index is -0.464. The molecule has 0 N–H and O–H groups in total. The number of pyridine rings is 1. The van der Waals surface area contributed by atoms with Crippen LogP contribution in [0.15, 0.2) is 61.2 Å². The lowest BCUT2D eigenvalue weighted by molar-refractivity contribution is -0.127. The van der Waals surface area contributed by atoms with E-state index in [1.807, 2.05) is 41.3 Å². The lowest BCUT2D eigenvalue weighted by atomic mass is 9.91. The normalized spacial score (nSPS) is 21.4. The van der Waals surface area contributed by atoms with Gasteiger partial charge in [0.05, 0.1) is 46.4 Å². The van der Waals surface area contributed by atoms with Crippen molar-refractivity contribution in [3.63, 3.8) is 0 Å². The molecule has 9 heteroatoms. The topological polar surface area (TPSA) is 72.7 Å². The number of aromatic nitrogens is 1. The van der Waals surface area contributed by atoms with Crippen LogP contribution in [-0.2, 0) is 11.2 Å². The first kappa shape index (κ1) is 28.6. The van der Waals surface area contributed by atoms with E-state index in [4.69, 9.17) is 21.3 Å². The van der Waals surface area contributed by atoms with Gasteiger partial charge in [-0.15, -0.1) is 0 Å². The number of nitriles is 1. The number of likely N-dealkylation sites (N-methyl/N-ethyl adjacent to an activating group) is 1. The zero-order valence-corrected chi connectivity index (χ0v) is 25.4. The quantitative estimate of drug-likeness (QED) is 0.227. The molecule has 4 aromatic rings. The Morgan fingerprint density at radius 2 is 2.07 bits per heavy atom. The Kier molecular flexibility index (Phi) is 7.39. The second-order valence-electron chi connectivity index (χ2n) is 12.0. The van der Waals surface area contributed by atoms with Gasteiger partial charge < -0.3 is 19.4 Å².